The molecule has 2 aromatic carbocycles. The molecule has 154 valence electrons. The Hall–Kier alpha value is -3.26. The first-order valence-electron chi connectivity index (χ1n) is 9.77. The van der Waals surface area contributed by atoms with Crippen LogP contribution < -0.4 is 10.9 Å². The van der Waals surface area contributed by atoms with Crippen molar-refractivity contribution < 1.29 is 13.6 Å². The van der Waals surface area contributed by atoms with Gasteiger partial charge in [0.05, 0.1) is 11.4 Å². The molecule has 0 bridgehead atoms. The maximum atomic E-state index is 14.0. The van der Waals surface area contributed by atoms with E-state index in [0.717, 1.165) is 23.3 Å². The van der Waals surface area contributed by atoms with Crippen LogP contribution in [0.3, 0.4) is 0 Å². The standard InChI is InChI=1S/C22H20F2N4O2/c1-27(22(30)28-10-12-4-2-3-5-13(12)11-28)19-9-25-8-18-20(19)14-6-16(23)17(24)7-15(14)21(29)26-18/h2-7,19,25H,8-11H2,1H3,(H,26,29). The molecule has 0 saturated carbocycles. The first-order valence-corrected chi connectivity index (χ1v) is 9.77. The molecule has 0 fully saturated rings. The highest BCUT2D eigenvalue weighted by Crippen LogP contribution is 2.33. The van der Waals surface area contributed by atoms with E-state index in [0.29, 0.717) is 42.8 Å². The summed E-state index contributed by atoms with van der Waals surface area (Å²) in [6.45, 7) is 1.88. The minimum atomic E-state index is -1.07. The van der Waals surface area contributed by atoms with E-state index < -0.39 is 23.2 Å². The highest BCUT2D eigenvalue weighted by atomic mass is 19.2. The van der Waals surface area contributed by atoms with E-state index in [2.05, 4.69) is 10.3 Å². The van der Waals surface area contributed by atoms with Crippen LogP contribution in [0.15, 0.2) is 41.2 Å². The molecule has 2 N–H and O–H groups in total. The molecule has 2 amide bonds. The van der Waals surface area contributed by atoms with Crippen LogP contribution in [0.2, 0.25) is 0 Å². The number of aromatic nitrogens is 1. The van der Waals surface area contributed by atoms with E-state index in [1.165, 1.54) is 0 Å². The fourth-order valence-electron chi connectivity index (χ4n) is 4.50. The van der Waals surface area contributed by atoms with Gasteiger partial charge in [-0.15, -0.1) is 0 Å². The molecule has 3 heterocycles. The molecular weight excluding hydrogens is 390 g/mol. The molecule has 1 aromatic heterocycles. The van der Waals surface area contributed by atoms with Crippen LogP contribution in [-0.4, -0.2) is 34.4 Å². The zero-order valence-corrected chi connectivity index (χ0v) is 16.3. The minimum absolute atomic E-state index is 0.0778. The number of hydrogen-bond donors (Lipinski definition) is 2. The van der Waals surface area contributed by atoms with Crippen molar-refractivity contribution in [3.05, 3.63) is 80.8 Å². The van der Waals surface area contributed by atoms with Gasteiger partial charge in [-0.3, -0.25) is 4.79 Å². The molecule has 8 heteroatoms. The predicted molar refractivity (Wildman–Crippen MR) is 108 cm³/mol. The third kappa shape index (κ3) is 2.87. The van der Waals surface area contributed by atoms with Crippen molar-refractivity contribution in [3.63, 3.8) is 0 Å². The van der Waals surface area contributed by atoms with Crippen molar-refractivity contribution in [2.45, 2.75) is 25.7 Å². The topological polar surface area (TPSA) is 68.4 Å². The molecule has 1 unspecified atom stereocenters. The van der Waals surface area contributed by atoms with E-state index in [4.69, 9.17) is 0 Å². The number of nitrogens with one attached hydrogen (secondary N) is 2. The summed E-state index contributed by atoms with van der Waals surface area (Å²) in [5.74, 6) is -2.09. The Kier molecular flexibility index (Phi) is 4.32. The van der Waals surface area contributed by atoms with E-state index in [1.807, 2.05) is 24.3 Å². The van der Waals surface area contributed by atoms with Crippen molar-refractivity contribution in [2.24, 2.45) is 0 Å². The summed E-state index contributed by atoms with van der Waals surface area (Å²) < 4.78 is 27.8. The average molecular weight is 410 g/mol. The van der Waals surface area contributed by atoms with Crippen molar-refractivity contribution in [3.8, 4) is 0 Å². The summed E-state index contributed by atoms with van der Waals surface area (Å²) in [6.07, 6.45) is 0. The van der Waals surface area contributed by atoms with Crippen LogP contribution in [0, 0.1) is 11.6 Å². The molecule has 2 aliphatic heterocycles. The fraction of sp³-hybridized carbons (Fsp3) is 0.273. The fourth-order valence-corrected chi connectivity index (χ4v) is 4.50. The molecule has 2 aliphatic rings. The Labute approximate surface area is 171 Å². The Balaban J connectivity index is 1.54. The third-order valence-electron chi connectivity index (χ3n) is 6.04. The molecule has 0 spiro atoms. The molecule has 5 rings (SSSR count). The second kappa shape index (κ2) is 6.91. The van der Waals surface area contributed by atoms with Crippen molar-refractivity contribution in [1.82, 2.24) is 20.1 Å². The number of amides is 2. The Morgan fingerprint density at radius 3 is 2.40 bits per heavy atom. The quantitative estimate of drug-likeness (QED) is 0.648. The molecule has 0 radical (unpaired) electrons. The first-order chi connectivity index (χ1) is 14.4. The number of nitrogens with zero attached hydrogens (tertiary/aromatic N) is 2. The maximum Gasteiger partial charge on any atom is 0.320 e. The zero-order chi connectivity index (χ0) is 21.0. The number of benzene rings is 2. The van der Waals surface area contributed by atoms with Gasteiger partial charge < -0.3 is 20.1 Å². The van der Waals surface area contributed by atoms with Crippen molar-refractivity contribution >= 4 is 16.8 Å². The van der Waals surface area contributed by atoms with Gasteiger partial charge in [-0.1, -0.05) is 24.3 Å². The van der Waals surface area contributed by atoms with Gasteiger partial charge in [0.15, 0.2) is 11.6 Å². The molecular formula is C22H20F2N4O2. The number of hydrogen-bond acceptors (Lipinski definition) is 3. The normalized spacial score (nSPS) is 17.7. The van der Waals surface area contributed by atoms with Gasteiger partial charge in [0.25, 0.3) is 5.56 Å². The number of H-pyrrole nitrogens is 1. The Morgan fingerprint density at radius 2 is 1.73 bits per heavy atom. The van der Waals surface area contributed by atoms with Crippen LogP contribution in [0.1, 0.15) is 28.4 Å². The zero-order valence-electron chi connectivity index (χ0n) is 16.3. The number of carbonyl (C=O) groups excluding carboxylic acids is 1. The number of rotatable bonds is 1. The van der Waals surface area contributed by atoms with E-state index in [9.17, 15) is 18.4 Å². The summed E-state index contributed by atoms with van der Waals surface area (Å²) >= 11 is 0. The largest absolute Gasteiger partial charge is 0.324 e. The van der Waals surface area contributed by atoms with Gasteiger partial charge in [0.2, 0.25) is 0 Å². The maximum absolute atomic E-state index is 14.0. The number of likely N-dealkylation sites (N-methyl/N-ethyl adjacent to an activating group) is 1. The lowest BCUT2D eigenvalue weighted by Crippen LogP contribution is -2.46. The molecule has 30 heavy (non-hydrogen) atoms. The molecule has 0 saturated heterocycles. The third-order valence-corrected chi connectivity index (χ3v) is 6.04. The summed E-state index contributed by atoms with van der Waals surface area (Å²) in [7, 11) is 1.70. The van der Waals surface area contributed by atoms with Gasteiger partial charge in [0.1, 0.15) is 0 Å². The highest BCUT2D eigenvalue weighted by molar-refractivity contribution is 5.87. The summed E-state index contributed by atoms with van der Waals surface area (Å²) in [4.78, 5) is 31.8. The lowest BCUT2D eigenvalue weighted by atomic mass is 9.94. The van der Waals surface area contributed by atoms with Crippen LogP contribution >= 0.6 is 0 Å². The van der Waals surface area contributed by atoms with Gasteiger partial charge in [-0.25, -0.2) is 13.6 Å². The SMILES string of the molecule is CN(C(=O)N1Cc2ccccc2C1)C1CNCc2[nH]c(=O)c3cc(F)c(F)cc3c21. The molecule has 3 aromatic rings. The van der Waals surface area contributed by atoms with Crippen LogP contribution in [0.25, 0.3) is 10.8 Å². The van der Waals surface area contributed by atoms with E-state index in [1.54, 1.807) is 16.8 Å². The number of halogens is 2. The van der Waals surface area contributed by atoms with Gasteiger partial charge >= 0.3 is 6.03 Å². The summed E-state index contributed by atoms with van der Waals surface area (Å²) in [5.41, 5.74) is 2.99. The number of fused-ring (bicyclic) bond motifs is 4. The number of aromatic amines is 1. The smallest absolute Gasteiger partial charge is 0.320 e. The van der Waals surface area contributed by atoms with E-state index in [-0.39, 0.29) is 11.4 Å². The average Bonchev–Trinajstić information content (AvgIpc) is 3.18. The number of carbonyl (C=O) groups is 1. The second-order valence-electron chi connectivity index (χ2n) is 7.82. The molecule has 1 atom stereocenters. The van der Waals surface area contributed by atoms with Gasteiger partial charge in [-0.2, -0.15) is 0 Å². The number of pyridine rings is 1. The summed E-state index contributed by atoms with van der Waals surface area (Å²) in [6, 6.07) is 9.30. The van der Waals surface area contributed by atoms with Gasteiger partial charge in [0, 0.05) is 44.5 Å². The molecule has 6 nitrogen and oxygen atoms in total. The second-order valence-corrected chi connectivity index (χ2v) is 7.82. The monoisotopic (exact) mass is 410 g/mol. The summed E-state index contributed by atoms with van der Waals surface area (Å²) in [5, 5.41) is 3.62. The highest BCUT2D eigenvalue weighted by Gasteiger charge is 2.33. The van der Waals surface area contributed by atoms with Crippen molar-refractivity contribution in [2.75, 3.05) is 13.6 Å². The lowest BCUT2D eigenvalue weighted by Gasteiger charge is -2.36. The molecule has 0 aliphatic carbocycles. The van der Waals surface area contributed by atoms with Gasteiger partial charge in [-0.05, 0) is 28.6 Å². The van der Waals surface area contributed by atoms with Crippen LogP contribution in [0.4, 0.5) is 13.6 Å². The Bertz CT molecular complexity index is 1210. The predicted octanol–water partition coefficient (Wildman–Crippen LogP) is 3.02. The lowest BCUT2D eigenvalue weighted by molar-refractivity contribution is 0.143. The number of urea groups is 1. The van der Waals surface area contributed by atoms with E-state index >= 15 is 0 Å². The minimum Gasteiger partial charge on any atom is -0.324 e. The van der Waals surface area contributed by atoms with Crippen LogP contribution in [0.5, 0.6) is 0 Å². The van der Waals surface area contributed by atoms with Crippen LogP contribution in [-0.2, 0) is 19.6 Å². The van der Waals surface area contributed by atoms with Crippen molar-refractivity contribution in [1.29, 1.82) is 0 Å². The Morgan fingerprint density at radius 1 is 1.10 bits per heavy atom. The first kappa shape index (κ1) is 18.7.